The number of rotatable bonds is 8. The van der Waals surface area contributed by atoms with Crippen LogP contribution in [0.25, 0.3) is 27.6 Å². The molecule has 218 valence electrons. The molecule has 5 aromatic rings. The lowest BCUT2D eigenvalue weighted by atomic mass is 9.95. The second-order valence-electron chi connectivity index (χ2n) is 10.6. The smallest absolute Gasteiger partial charge is 0.338 e. The molecule has 0 saturated carbocycles. The molecule has 0 fully saturated rings. The quantitative estimate of drug-likeness (QED) is 0.135. The lowest BCUT2D eigenvalue weighted by Crippen LogP contribution is -2.40. The van der Waals surface area contributed by atoms with Crippen molar-refractivity contribution in [1.82, 2.24) is 4.57 Å². The minimum Gasteiger partial charge on any atom is -0.491 e. The Bertz CT molecular complexity index is 2020. The highest BCUT2D eigenvalue weighted by atomic mass is 32.1. The molecule has 7 nitrogen and oxygen atoms in total. The van der Waals surface area contributed by atoms with Crippen molar-refractivity contribution in [2.75, 3.05) is 20.3 Å². The van der Waals surface area contributed by atoms with Crippen molar-refractivity contribution in [3.05, 3.63) is 121 Å². The van der Waals surface area contributed by atoms with E-state index in [-0.39, 0.29) is 24.9 Å². The summed E-state index contributed by atoms with van der Waals surface area (Å²) in [4.78, 5) is 33.2. The van der Waals surface area contributed by atoms with Crippen LogP contribution in [0.2, 0.25) is 0 Å². The van der Waals surface area contributed by atoms with Crippen molar-refractivity contribution < 1.29 is 19.0 Å². The molecule has 2 heterocycles. The second kappa shape index (κ2) is 12.0. The van der Waals surface area contributed by atoms with Gasteiger partial charge in [0.25, 0.3) is 5.56 Å². The maximum Gasteiger partial charge on any atom is 0.338 e. The van der Waals surface area contributed by atoms with Gasteiger partial charge in [0.2, 0.25) is 0 Å². The Kier molecular flexibility index (Phi) is 7.97. The predicted octanol–water partition coefficient (Wildman–Crippen LogP) is 5.52. The van der Waals surface area contributed by atoms with Gasteiger partial charge in [0.15, 0.2) is 4.80 Å². The van der Waals surface area contributed by atoms with Crippen molar-refractivity contribution in [3.8, 4) is 5.75 Å². The van der Waals surface area contributed by atoms with E-state index in [2.05, 4.69) is 30.3 Å². The zero-order chi connectivity index (χ0) is 30.1. The van der Waals surface area contributed by atoms with E-state index < -0.39 is 12.0 Å². The monoisotopic (exact) mass is 592 g/mol. The van der Waals surface area contributed by atoms with Crippen molar-refractivity contribution >= 4 is 44.9 Å². The number of nitrogens with zero attached hydrogens (tertiary/aromatic N) is 2. The molecule has 0 amide bonds. The third-order valence-corrected chi connectivity index (χ3v) is 8.41. The highest BCUT2D eigenvalue weighted by Crippen LogP contribution is 2.36. The van der Waals surface area contributed by atoms with Gasteiger partial charge in [0, 0.05) is 12.7 Å². The van der Waals surface area contributed by atoms with Crippen LogP contribution in [0.15, 0.2) is 99.9 Å². The number of thiazole rings is 1. The van der Waals surface area contributed by atoms with Crippen LogP contribution in [0.1, 0.15) is 37.9 Å². The first kappa shape index (κ1) is 28.6. The molecule has 0 radical (unpaired) electrons. The van der Waals surface area contributed by atoms with E-state index in [4.69, 9.17) is 19.2 Å². The molecule has 0 unspecified atom stereocenters. The normalized spacial score (nSPS) is 15.2. The molecule has 8 heteroatoms. The van der Waals surface area contributed by atoms with Gasteiger partial charge in [-0.3, -0.25) is 9.36 Å². The van der Waals surface area contributed by atoms with E-state index in [0.717, 1.165) is 27.1 Å². The van der Waals surface area contributed by atoms with Gasteiger partial charge in [-0.05, 0) is 66.1 Å². The van der Waals surface area contributed by atoms with E-state index in [1.807, 2.05) is 68.5 Å². The fraction of sp³-hybridized carbons (Fsp3) is 0.229. The number of aromatic nitrogens is 1. The van der Waals surface area contributed by atoms with Gasteiger partial charge < -0.3 is 14.2 Å². The number of methoxy groups -OCH3 is 1. The van der Waals surface area contributed by atoms with Crippen molar-refractivity contribution in [2.24, 2.45) is 4.99 Å². The van der Waals surface area contributed by atoms with E-state index in [1.54, 1.807) is 18.6 Å². The zero-order valence-corrected chi connectivity index (χ0v) is 25.3. The molecule has 1 aromatic heterocycles. The lowest BCUT2D eigenvalue weighted by molar-refractivity contribution is -0.140. The Balaban J connectivity index is 1.60. The minimum atomic E-state index is -0.785. The predicted molar refractivity (Wildman–Crippen MR) is 170 cm³/mol. The van der Waals surface area contributed by atoms with Crippen LogP contribution in [0, 0.1) is 0 Å². The summed E-state index contributed by atoms with van der Waals surface area (Å²) in [5, 5.41) is 4.29. The first-order valence-corrected chi connectivity index (χ1v) is 15.0. The summed E-state index contributed by atoms with van der Waals surface area (Å²) in [6.45, 7) is 6.01. The van der Waals surface area contributed by atoms with Gasteiger partial charge in [-0.1, -0.05) is 78.1 Å². The number of esters is 1. The molecule has 0 aliphatic carbocycles. The van der Waals surface area contributed by atoms with Crippen molar-refractivity contribution in [2.45, 2.75) is 32.9 Å². The minimum absolute atomic E-state index is 0.0849. The SMILES string of the molecule is COCCOC(=O)C1=C(C)N=c2s/c(=C/c3c4ccccc4cc4ccccc34)c(=O)n2[C@H]1c1ccccc1OC(C)C. The largest absolute Gasteiger partial charge is 0.491 e. The first-order chi connectivity index (χ1) is 20.9. The molecule has 1 aliphatic heterocycles. The number of ether oxygens (including phenoxy) is 3. The third-order valence-electron chi connectivity index (χ3n) is 7.43. The van der Waals surface area contributed by atoms with Crippen LogP contribution in [0.5, 0.6) is 5.75 Å². The maximum absolute atomic E-state index is 14.4. The molecule has 1 aliphatic rings. The van der Waals surface area contributed by atoms with E-state index in [9.17, 15) is 9.59 Å². The van der Waals surface area contributed by atoms with Crippen LogP contribution in [-0.2, 0) is 14.3 Å². The molecule has 0 spiro atoms. The Morgan fingerprint density at radius 3 is 2.30 bits per heavy atom. The van der Waals surface area contributed by atoms with Crippen molar-refractivity contribution in [3.63, 3.8) is 0 Å². The summed E-state index contributed by atoms with van der Waals surface area (Å²) in [5.74, 6) is 0.0472. The number of hydrogen-bond donors (Lipinski definition) is 0. The molecule has 0 bridgehead atoms. The lowest BCUT2D eigenvalue weighted by Gasteiger charge is -2.27. The van der Waals surface area contributed by atoms with Gasteiger partial charge in [-0.25, -0.2) is 9.79 Å². The average molecular weight is 593 g/mol. The summed E-state index contributed by atoms with van der Waals surface area (Å²) in [6, 6.07) is 25.2. The molecule has 0 N–H and O–H groups in total. The number of benzene rings is 4. The zero-order valence-electron chi connectivity index (χ0n) is 24.5. The van der Waals surface area contributed by atoms with Gasteiger partial charge >= 0.3 is 5.97 Å². The molecule has 0 saturated heterocycles. The molecule has 43 heavy (non-hydrogen) atoms. The van der Waals surface area contributed by atoms with Crippen LogP contribution < -0.4 is 19.6 Å². The maximum atomic E-state index is 14.4. The number of carbonyl (C=O) groups excluding carboxylic acids is 1. The number of hydrogen-bond acceptors (Lipinski definition) is 7. The topological polar surface area (TPSA) is 79.1 Å². The summed E-state index contributed by atoms with van der Waals surface area (Å²) < 4.78 is 19.0. The summed E-state index contributed by atoms with van der Waals surface area (Å²) in [7, 11) is 1.55. The standard InChI is InChI=1S/C35H32N2O5S/c1-21(2)42-29-16-10-9-15-27(29)32-31(34(39)41-18-17-40-4)22(3)36-35-37(32)33(38)30(43-35)20-28-25-13-7-5-11-23(25)19-24-12-6-8-14-26(24)28/h5-16,19-21,32H,17-18H2,1-4H3/b30-20+/t32-/m0/s1. The fourth-order valence-electron chi connectivity index (χ4n) is 5.58. The Morgan fingerprint density at radius 2 is 1.63 bits per heavy atom. The van der Waals surface area contributed by atoms with Gasteiger partial charge in [-0.15, -0.1) is 0 Å². The second-order valence-corrected chi connectivity index (χ2v) is 11.7. The summed E-state index contributed by atoms with van der Waals surface area (Å²) in [5.41, 5.74) is 2.21. The molecular weight excluding hydrogens is 560 g/mol. The number of para-hydroxylation sites is 1. The molecular formula is C35H32N2O5S. The number of fused-ring (bicyclic) bond motifs is 3. The van der Waals surface area contributed by atoms with Crippen LogP contribution in [0.4, 0.5) is 0 Å². The average Bonchev–Trinajstić information content (AvgIpc) is 3.30. The number of carbonyl (C=O) groups is 1. The third kappa shape index (κ3) is 5.40. The van der Waals surface area contributed by atoms with Crippen LogP contribution in [0.3, 0.4) is 0 Å². The first-order valence-electron chi connectivity index (χ1n) is 14.2. The summed E-state index contributed by atoms with van der Waals surface area (Å²) >= 11 is 1.31. The Hall–Kier alpha value is -4.53. The Labute approximate surface area is 253 Å². The van der Waals surface area contributed by atoms with Crippen LogP contribution >= 0.6 is 11.3 Å². The molecule has 1 atom stereocenters. The van der Waals surface area contributed by atoms with Gasteiger partial charge in [0.1, 0.15) is 18.4 Å². The molecule has 6 rings (SSSR count). The van der Waals surface area contributed by atoms with E-state index in [0.29, 0.717) is 31.9 Å². The van der Waals surface area contributed by atoms with Gasteiger partial charge in [-0.2, -0.15) is 0 Å². The highest BCUT2D eigenvalue weighted by Gasteiger charge is 2.35. The summed E-state index contributed by atoms with van der Waals surface area (Å²) in [6.07, 6.45) is 1.84. The van der Waals surface area contributed by atoms with Gasteiger partial charge in [0.05, 0.1) is 28.5 Å². The fourth-order valence-corrected chi connectivity index (χ4v) is 6.60. The van der Waals surface area contributed by atoms with Crippen LogP contribution in [-0.4, -0.2) is 37.0 Å². The highest BCUT2D eigenvalue weighted by molar-refractivity contribution is 7.07. The molecule has 4 aromatic carbocycles. The Morgan fingerprint density at radius 1 is 0.977 bits per heavy atom. The van der Waals surface area contributed by atoms with E-state index >= 15 is 0 Å². The number of allylic oxidation sites excluding steroid dienone is 1. The van der Waals surface area contributed by atoms with E-state index in [1.165, 1.54) is 11.3 Å². The van der Waals surface area contributed by atoms with Crippen molar-refractivity contribution in [1.29, 1.82) is 0 Å².